The van der Waals surface area contributed by atoms with Crippen LogP contribution in [0.15, 0.2) is 12.4 Å². The predicted molar refractivity (Wildman–Crippen MR) is 55.3 cm³/mol. The van der Waals surface area contributed by atoms with E-state index in [1.165, 1.54) is 0 Å². The van der Waals surface area contributed by atoms with Gasteiger partial charge in [-0.15, -0.1) is 0 Å². The minimum absolute atomic E-state index is 0.395. The summed E-state index contributed by atoms with van der Waals surface area (Å²) in [4.78, 5) is 19.0. The molecule has 1 heterocycles. The van der Waals surface area contributed by atoms with Crippen molar-refractivity contribution in [1.29, 1.82) is 0 Å². The summed E-state index contributed by atoms with van der Waals surface area (Å²) in [5, 5.41) is 11.8. The number of hydrogen-bond acceptors (Lipinski definition) is 4. The first-order valence-corrected chi connectivity index (χ1v) is 4.68. The molecule has 0 spiro atoms. The fraction of sp³-hybridized carbons (Fsp3) is 0.500. The standard InChI is InChI=1S/C10H15N3O2/c1-7-4-12-8(5-11-7)6-13-10(2,3)9(14)15/h4-5,13H,6H2,1-3H3,(H,14,15). The second kappa shape index (κ2) is 4.35. The van der Waals surface area contributed by atoms with Crippen LogP contribution in [-0.2, 0) is 11.3 Å². The summed E-state index contributed by atoms with van der Waals surface area (Å²) < 4.78 is 0. The minimum atomic E-state index is -0.952. The molecule has 5 heteroatoms. The third-order valence-electron chi connectivity index (χ3n) is 2.08. The monoisotopic (exact) mass is 209 g/mol. The summed E-state index contributed by atoms with van der Waals surface area (Å²) in [7, 11) is 0. The molecule has 0 amide bonds. The summed E-state index contributed by atoms with van der Waals surface area (Å²) in [5.41, 5.74) is 0.623. The molecule has 0 saturated carbocycles. The van der Waals surface area contributed by atoms with Gasteiger partial charge in [-0.2, -0.15) is 0 Å². The summed E-state index contributed by atoms with van der Waals surface area (Å²) >= 11 is 0. The first-order valence-electron chi connectivity index (χ1n) is 4.68. The zero-order valence-corrected chi connectivity index (χ0v) is 9.11. The molecule has 1 aromatic rings. The maximum Gasteiger partial charge on any atom is 0.323 e. The zero-order valence-electron chi connectivity index (χ0n) is 9.11. The van der Waals surface area contributed by atoms with Crippen molar-refractivity contribution in [2.75, 3.05) is 0 Å². The molecular weight excluding hydrogens is 194 g/mol. The quantitative estimate of drug-likeness (QED) is 0.765. The van der Waals surface area contributed by atoms with E-state index in [1.54, 1.807) is 26.2 Å². The van der Waals surface area contributed by atoms with Gasteiger partial charge in [0.15, 0.2) is 0 Å². The Kier molecular flexibility index (Phi) is 3.36. The van der Waals surface area contributed by atoms with Crippen molar-refractivity contribution in [2.24, 2.45) is 0 Å². The van der Waals surface area contributed by atoms with Crippen LogP contribution in [0, 0.1) is 6.92 Å². The topological polar surface area (TPSA) is 75.1 Å². The van der Waals surface area contributed by atoms with Gasteiger partial charge in [0.25, 0.3) is 0 Å². The van der Waals surface area contributed by atoms with Crippen LogP contribution < -0.4 is 5.32 Å². The molecule has 1 aromatic heterocycles. The van der Waals surface area contributed by atoms with Crippen molar-refractivity contribution in [1.82, 2.24) is 15.3 Å². The molecule has 0 aromatic carbocycles. The maximum absolute atomic E-state index is 10.8. The SMILES string of the molecule is Cc1cnc(CNC(C)(C)C(=O)O)cn1. The number of rotatable bonds is 4. The van der Waals surface area contributed by atoms with Gasteiger partial charge in [0.2, 0.25) is 0 Å². The van der Waals surface area contributed by atoms with Gasteiger partial charge in [0.1, 0.15) is 5.54 Å². The molecule has 2 N–H and O–H groups in total. The molecule has 0 atom stereocenters. The highest BCUT2D eigenvalue weighted by molar-refractivity contribution is 5.77. The number of hydrogen-bond donors (Lipinski definition) is 2. The molecular formula is C10H15N3O2. The normalized spacial score (nSPS) is 11.4. The molecule has 82 valence electrons. The van der Waals surface area contributed by atoms with Crippen LogP contribution in [0.2, 0.25) is 0 Å². The van der Waals surface area contributed by atoms with E-state index in [2.05, 4.69) is 15.3 Å². The van der Waals surface area contributed by atoms with Gasteiger partial charge in [-0.05, 0) is 20.8 Å². The van der Waals surface area contributed by atoms with Crippen molar-refractivity contribution in [3.8, 4) is 0 Å². The van der Waals surface area contributed by atoms with Crippen LogP contribution in [0.3, 0.4) is 0 Å². The fourth-order valence-corrected chi connectivity index (χ4v) is 0.898. The zero-order chi connectivity index (χ0) is 11.5. The molecule has 1 rings (SSSR count). The average Bonchev–Trinajstić information content (AvgIpc) is 2.17. The van der Waals surface area contributed by atoms with Crippen molar-refractivity contribution >= 4 is 5.97 Å². The highest BCUT2D eigenvalue weighted by Crippen LogP contribution is 2.03. The lowest BCUT2D eigenvalue weighted by Gasteiger charge is -2.20. The number of nitrogens with zero attached hydrogens (tertiary/aromatic N) is 2. The van der Waals surface area contributed by atoms with Crippen molar-refractivity contribution in [3.63, 3.8) is 0 Å². The molecule has 15 heavy (non-hydrogen) atoms. The molecule has 5 nitrogen and oxygen atoms in total. The van der Waals surface area contributed by atoms with E-state index >= 15 is 0 Å². The van der Waals surface area contributed by atoms with Gasteiger partial charge < -0.3 is 5.11 Å². The second-order valence-electron chi connectivity index (χ2n) is 3.93. The Bertz CT molecular complexity index is 346. The van der Waals surface area contributed by atoms with Crippen LogP contribution in [0.25, 0.3) is 0 Å². The number of carboxylic acid groups (broad SMARTS) is 1. The lowest BCUT2D eigenvalue weighted by molar-refractivity contribution is -0.143. The number of carboxylic acids is 1. The van der Waals surface area contributed by atoms with E-state index < -0.39 is 11.5 Å². The first-order chi connectivity index (χ1) is 6.92. The molecule has 0 aliphatic rings. The lowest BCUT2D eigenvalue weighted by atomic mass is 10.1. The summed E-state index contributed by atoms with van der Waals surface area (Å²) in [6.07, 6.45) is 3.30. The van der Waals surface area contributed by atoms with Crippen molar-refractivity contribution < 1.29 is 9.90 Å². The number of aromatic nitrogens is 2. The van der Waals surface area contributed by atoms with Crippen LogP contribution in [0.5, 0.6) is 0 Å². The Morgan fingerprint density at radius 1 is 1.47 bits per heavy atom. The highest BCUT2D eigenvalue weighted by Gasteiger charge is 2.25. The van der Waals surface area contributed by atoms with E-state index in [-0.39, 0.29) is 0 Å². The van der Waals surface area contributed by atoms with Crippen LogP contribution in [0.1, 0.15) is 25.2 Å². The smallest absolute Gasteiger partial charge is 0.323 e. The molecule has 0 fully saturated rings. The lowest BCUT2D eigenvalue weighted by Crippen LogP contribution is -2.46. The molecule has 0 unspecified atom stereocenters. The summed E-state index contributed by atoms with van der Waals surface area (Å²) in [5.74, 6) is -0.887. The third-order valence-corrected chi connectivity index (χ3v) is 2.08. The van der Waals surface area contributed by atoms with Crippen molar-refractivity contribution in [3.05, 3.63) is 23.8 Å². The van der Waals surface area contributed by atoms with E-state index in [9.17, 15) is 4.79 Å². The Morgan fingerprint density at radius 2 is 2.13 bits per heavy atom. The molecule has 0 aliphatic carbocycles. The van der Waals surface area contributed by atoms with Crippen LogP contribution in [-0.4, -0.2) is 26.6 Å². The molecule has 0 aliphatic heterocycles. The van der Waals surface area contributed by atoms with Gasteiger partial charge in [0, 0.05) is 18.9 Å². The van der Waals surface area contributed by atoms with Crippen LogP contribution in [0.4, 0.5) is 0 Å². The average molecular weight is 209 g/mol. The summed E-state index contributed by atoms with van der Waals surface area (Å²) in [6, 6.07) is 0. The largest absolute Gasteiger partial charge is 0.480 e. The predicted octanol–water partition coefficient (Wildman–Crippen LogP) is 0.738. The second-order valence-corrected chi connectivity index (χ2v) is 3.93. The molecule has 0 saturated heterocycles. The number of nitrogens with one attached hydrogen (secondary N) is 1. The molecule has 0 bridgehead atoms. The highest BCUT2D eigenvalue weighted by atomic mass is 16.4. The Balaban J connectivity index is 2.57. The third kappa shape index (κ3) is 3.28. The van der Waals surface area contributed by atoms with Gasteiger partial charge in [0.05, 0.1) is 11.4 Å². The van der Waals surface area contributed by atoms with Crippen molar-refractivity contribution in [2.45, 2.75) is 32.9 Å². The number of aryl methyl sites for hydroxylation is 1. The minimum Gasteiger partial charge on any atom is -0.480 e. The number of aliphatic carboxylic acids is 1. The van der Waals surface area contributed by atoms with Crippen LogP contribution >= 0.6 is 0 Å². The molecule has 0 radical (unpaired) electrons. The Morgan fingerprint density at radius 3 is 2.60 bits per heavy atom. The maximum atomic E-state index is 10.8. The van der Waals surface area contributed by atoms with Gasteiger partial charge in [-0.25, -0.2) is 0 Å². The Labute approximate surface area is 88.6 Å². The van der Waals surface area contributed by atoms with E-state index in [0.717, 1.165) is 11.4 Å². The fourth-order valence-electron chi connectivity index (χ4n) is 0.898. The van der Waals surface area contributed by atoms with Gasteiger partial charge in [-0.3, -0.25) is 20.1 Å². The number of carbonyl (C=O) groups is 1. The Hall–Kier alpha value is -1.49. The summed E-state index contributed by atoms with van der Waals surface area (Å²) in [6.45, 7) is 5.46. The van der Waals surface area contributed by atoms with E-state index in [4.69, 9.17) is 5.11 Å². The van der Waals surface area contributed by atoms with E-state index in [0.29, 0.717) is 6.54 Å². The van der Waals surface area contributed by atoms with Gasteiger partial charge >= 0.3 is 5.97 Å². The first kappa shape index (κ1) is 11.6. The van der Waals surface area contributed by atoms with E-state index in [1.807, 2.05) is 6.92 Å². The van der Waals surface area contributed by atoms with Gasteiger partial charge in [-0.1, -0.05) is 0 Å².